The van der Waals surface area contributed by atoms with Crippen LogP contribution in [0.4, 0.5) is 0 Å². The Labute approximate surface area is 165 Å². The molecule has 2 atom stereocenters. The smallest absolute Gasteiger partial charge is 0.305 e. The van der Waals surface area contributed by atoms with Crippen LogP contribution in [0.15, 0.2) is 0 Å². The van der Waals surface area contributed by atoms with E-state index in [2.05, 4.69) is 11.7 Å². The van der Waals surface area contributed by atoms with Gasteiger partial charge < -0.3 is 14.9 Å². The molecular weight excluding hydrogens is 348 g/mol. The normalized spacial score (nSPS) is 13.5. The first-order valence-electron chi connectivity index (χ1n) is 10.6. The topological polar surface area (TPSA) is 66.8 Å². The third kappa shape index (κ3) is 17.2. The number of esters is 1. The summed E-state index contributed by atoms with van der Waals surface area (Å²) in [6.07, 6.45) is 14.9. The van der Waals surface area contributed by atoms with Gasteiger partial charge in [0, 0.05) is 17.4 Å². The molecule has 26 heavy (non-hydrogen) atoms. The van der Waals surface area contributed by atoms with Crippen molar-refractivity contribution in [2.24, 2.45) is 0 Å². The number of ether oxygens (including phenoxy) is 1. The zero-order chi connectivity index (χ0) is 19.5. The van der Waals surface area contributed by atoms with Crippen LogP contribution in [-0.4, -0.2) is 47.0 Å². The maximum absolute atomic E-state index is 11.0. The van der Waals surface area contributed by atoms with E-state index in [1.807, 2.05) is 11.8 Å². The van der Waals surface area contributed by atoms with Gasteiger partial charge in [-0.1, -0.05) is 64.7 Å². The molecule has 0 aromatic heterocycles. The van der Waals surface area contributed by atoms with Crippen LogP contribution in [0.25, 0.3) is 0 Å². The van der Waals surface area contributed by atoms with E-state index in [0.717, 1.165) is 44.3 Å². The standard InChI is InChI=1S/C21H42O4S/c1-3-4-5-10-13-19(23)18-20(26-17-16-22)14-11-8-6-7-9-12-15-21(24)25-2/h19-20,22-23H,3-18H2,1-2H3. The highest BCUT2D eigenvalue weighted by atomic mass is 32.2. The Morgan fingerprint density at radius 1 is 0.962 bits per heavy atom. The Kier molecular flexibility index (Phi) is 19.3. The third-order valence-electron chi connectivity index (χ3n) is 4.76. The average molecular weight is 391 g/mol. The molecule has 0 aliphatic rings. The maximum atomic E-state index is 11.0. The summed E-state index contributed by atoms with van der Waals surface area (Å²) in [4.78, 5) is 11.0. The lowest BCUT2D eigenvalue weighted by molar-refractivity contribution is -0.140. The number of thioether (sulfide) groups is 1. The van der Waals surface area contributed by atoms with E-state index < -0.39 is 0 Å². The van der Waals surface area contributed by atoms with Crippen LogP contribution in [0.1, 0.15) is 96.8 Å². The number of rotatable bonds is 19. The Hall–Kier alpha value is -0.260. The first kappa shape index (κ1) is 25.7. The van der Waals surface area contributed by atoms with Crippen molar-refractivity contribution in [3.05, 3.63) is 0 Å². The van der Waals surface area contributed by atoms with Crippen LogP contribution in [0.5, 0.6) is 0 Å². The Balaban J connectivity index is 3.77. The maximum Gasteiger partial charge on any atom is 0.305 e. The molecule has 2 unspecified atom stereocenters. The minimum atomic E-state index is -0.193. The Morgan fingerprint density at radius 3 is 2.23 bits per heavy atom. The quantitative estimate of drug-likeness (QED) is 0.237. The number of methoxy groups -OCH3 is 1. The van der Waals surface area contributed by atoms with Gasteiger partial charge in [0.2, 0.25) is 0 Å². The van der Waals surface area contributed by atoms with Crippen molar-refractivity contribution in [1.29, 1.82) is 0 Å². The Morgan fingerprint density at radius 2 is 1.58 bits per heavy atom. The van der Waals surface area contributed by atoms with Crippen molar-refractivity contribution in [3.8, 4) is 0 Å². The zero-order valence-electron chi connectivity index (χ0n) is 17.1. The van der Waals surface area contributed by atoms with Gasteiger partial charge in [-0.15, -0.1) is 0 Å². The SMILES string of the molecule is CCCCCCC(O)CC(CCCCCCCCC(=O)OC)SCCO. The highest BCUT2D eigenvalue weighted by molar-refractivity contribution is 7.99. The second-order valence-electron chi connectivity index (χ2n) is 7.19. The molecule has 0 amide bonds. The molecule has 0 rings (SSSR count). The molecule has 0 aromatic rings. The van der Waals surface area contributed by atoms with Gasteiger partial charge in [-0.2, -0.15) is 11.8 Å². The number of carbonyl (C=O) groups is 1. The van der Waals surface area contributed by atoms with Crippen molar-refractivity contribution in [2.45, 2.75) is 108 Å². The summed E-state index contributed by atoms with van der Waals surface area (Å²) >= 11 is 1.81. The molecule has 0 spiro atoms. The molecule has 0 aliphatic heterocycles. The number of aliphatic hydroxyl groups is 2. The molecule has 0 radical (unpaired) electrons. The van der Waals surface area contributed by atoms with E-state index in [1.54, 1.807) is 0 Å². The fraction of sp³-hybridized carbons (Fsp3) is 0.952. The van der Waals surface area contributed by atoms with E-state index >= 15 is 0 Å². The van der Waals surface area contributed by atoms with Gasteiger partial charge in [0.15, 0.2) is 0 Å². The van der Waals surface area contributed by atoms with E-state index in [-0.39, 0.29) is 18.7 Å². The van der Waals surface area contributed by atoms with Crippen molar-refractivity contribution in [3.63, 3.8) is 0 Å². The van der Waals surface area contributed by atoms with Crippen molar-refractivity contribution in [1.82, 2.24) is 0 Å². The lowest BCUT2D eigenvalue weighted by Crippen LogP contribution is -2.16. The van der Waals surface area contributed by atoms with Crippen molar-refractivity contribution < 1.29 is 19.7 Å². The molecule has 5 heteroatoms. The van der Waals surface area contributed by atoms with Gasteiger partial charge in [0.05, 0.1) is 19.8 Å². The molecule has 0 heterocycles. The van der Waals surface area contributed by atoms with Gasteiger partial charge in [0.25, 0.3) is 0 Å². The minimum Gasteiger partial charge on any atom is -0.469 e. The summed E-state index contributed by atoms with van der Waals surface area (Å²) in [5.74, 6) is 0.655. The molecule has 4 nitrogen and oxygen atoms in total. The van der Waals surface area contributed by atoms with Crippen LogP contribution in [0, 0.1) is 0 Å². The molecule has 0 saturated carbocycles. The van der Waals surface area contributed by atoms with Crippen LogP contribution < -0.4 is 0 Å². The molecule has 156 valence electrons. The summed E-state index contributed by atoms with van der Waals surface area (Å²) < 4.78 is 4.64. The van der Waals surface area contributed by atoms with E-state index in [1.165, 1.54) is 52.1 Å². The van der Waals surface area contributed by atoms with Gasteiger partial charge in [0.1, 0.15) is 0 Å². The van der Waals surface area contributed by atoms with Crippen molar-refractivity contribution >= 4 is 17.7 Å². The molecule has 0 saturated heterocycles. The van der Waals surface area contributed by atoms with Crippen LogP contribution >= 0.6 is 11.8 Å². The van der Waals surface area contributed by atoms with E-state index in [4.69, 9.17) is 5.11 Å². The fourth-order valence-electron chi connectivity index (χ4n) is 3.17. The predicted octanol–water partition coefficient (Wildman–Crippen LogP) is 5.10. The zero-order valence-corrected chi connectivity index (χ0v) is 17.9. The van der Waals surface area contributed by atoms with Crippen molar-refractivity contribution in [2.75, 3.05) is 19.5 Å². The summed E-state index contributed by atoms with van der Waals surface area (Å²) in [5, 5.41) is 19.8. The number of unbranched alkanes of at least 4 members (excludes halogenated alkanes) is 8. The van der Waals surface area contributed by atoms with Crippen LogP contribution in [0.2, 0.25) is 0 Å². The number of hydrogen-bond donors (Lipinski definition) is 2. The van der Waals surface area contributed by atoms with Gasteiger partial charge in [-0.25, -0.2) is 0 Å². The third-order valence-corrected chi connectivity index (χ3v) is 6.07. The summed E-state index contributed by atoms with van der Waals surface area (Å²) in [5.41, 5.74) is 0. The molecule has 2 N–H and O–H groups in total. The number of carbonyl (C=O) groups excluding carboxylic acids is 1. The van der Waals surface area contributed by atoms with Crippen LogP contribution in [-0.2, 0) is 9.53 Å². The first-order chi connectivity index (χ1) is 12.6. The molecule has 0 fully saturated rings. The lowest BCUT2D eigenvalue weighted by Gasteiger charge is -2.20. The monoisotopic (exact) mass is 390 g/mol. The average Bonchev–Trinajstić information content (AvgIpc) is 2.64. The molecule has 0 aliphatic carbocycles. The second-order valence-corrected chi connectivity index (χ2v) is 8.60. The predicted molar refractivity (Wildman–Crippen MR) is 112 cm³/mol. The van der Waals surface area contributed by atoms with E-state index in [9.17, 15) is 9.90 Å². The largest absolute Gasteiger partial charge is 0.469 e. The fourth-order valence-corrected chi connectivity index (χ4v) is 4.30. The summed E-state index contributed by atoms with van der Waals surface area (Å²) in [6.45, 7) is 2.42. The first-order valence-corrected chi connectivity index (χ1v) is 11.7. The van der Waals surface area contributed by atoms with Gasteiger partial charge in [-0.05, 0) is 25.7 Å². The van der Waals surface area contributed by atoms with Crippen LogP contribution in [0.3, 0.4) is 0 Å². The van der Waals surface area contributed by atoms with Gasteiger partial charge in [-0.3, -0.25) is 4.79 Å². The second kappa shape index (κ2) is 19.5. The van der Waals surface area contributed by atoms with E-state index in [0.29, 0.717) is 11.7 Å². The molecular formula is C21H42O4S. The highest BCUT2D eigenvalue weighted by Crippen LogP contribution is 2.24. The highest BCUT2D eigenvalue weighted by Gasteiger charge is 2.14. The van der Waals surface area contributed by atoms with Gasteiger partial charge >= 0.3 is 5.97 Å². The molecule has 0 bridgehead atoms. The summed E-state index contributed by atoms with van der Waals surface area (Å²) in [6, 6.07) is 0. The number of aliphatic hydroxyl groups excluding tert-OH is 2. The minimum absolute atomic E-state index is 0.109. The summed E-state index contributed by atoms with van der Waals surface area (Å²) in [7, 11) is 1.44. The number of hydrogen-bond acceptors (Lipinski definition) is 5. The molecule has 0 aromatic carbocycles. The lowest BCUT2D eigenvalue weighted by atomic mass is 10.0. The Bertz CT molecular complexity index is 312.